The Balaban J connectivity index is 3.07. The highest BCUT2D eigenvalue weighted by molar-refractivity contribution is 5.86. The molecule has 0 bridgehead atoms. The molecule has 16 heavy (non-hydrogen) atoms. The molecule has 0 radical (unpaired) electrons. The number of anilines is 1. The second-order valence-corrected chi connectivity index (χ2v) is 3.49. The molecule has 86 valence electrons. The van der Waals surface area contributed by atoms with Gasteiger partial charge in [-0.2, -0.15) is 0 Å². The Morgan fingerprint density at radius 2 is 2.12 bits per heavy atom. The lowest BCUT2D eigenvalue weighted by Gasteiger charge is -2.14. The van der Waals surface area contributed by atoms with Crippen molar-refractivity contribution in [2.24, 2.45) is 0 Å². The number of methoxy groups -OCH3 is 1. The number of carboxylic acids is 1. The first kappa shape index (κ1) is 12.1. The van der Waals surface area contributed by atoms with E-state index in [9.17, 15) is 4.79 Å². The van der Waals surface area contributed by atoms with E-state index >= 15 is 0 Å². The maximum Gasteiger partial charge on any atom is 0.328 e. The van der Waals surface area contributed by atoms with E-state index in [1.807, 2.05) is 37.2 Å². The molecule has 0 heterocycles. The van der Waals surface area contributed by atoms with Gasteiger partial charge in [0.25, 0.3) is 0 Å². The maximum absolute atomic E-state index is 10.4. The molecule has 1 aromatic rings. The van der Waals surface area contributed by atoms with Crippen molar-refractivity contribution in [2.75, 3.05) is 26.1 Å². The van der Waals surface area contributed by atoms with Crippen LogP contribution in [-0.4, -0.2) is 32.3 Å². The van der Waals surface area contributed by atoms with Crippen molar-refractivity contribution in [2.45, 2.75) is 0 Å². The number of benzene rings is 1. The van der Waals surface area contributed by atoms with E-state index in [2.05, 4.69) is 0 Å². The fourth-order valence-electron chi connectivity index (χ4n) is 1.28. The minimum Gasteiger partial charge on any atom is -0.496 e. The molecule has 1 N–H and O–H groups in total. The van der Waals surface area contributed by atoms with Crippen molar-refractivity contribution < 1.29 is 14.6 Å². The van der Waals surface area contributed by atoms with Gasteiger partial charge in [0.2, 0.25) is 0 Å². The van der Waals surface area contributed by atoms with E-state index in [0.717, 1.165) is 17.3 Å². The van der Waals surface area contributed by atoms with Gasteiger partial charge in [0.15, 0.2) is 0 Å². The summed E-state index contributed by atoms with van der Waals surface area (Å²) in [5, 5.41) is 8.55. The molecule has 1 aromatic carbocycles. The van der Waals surface area contributed by atoms with Crippen LogP contribution in [-0.2, 0) is 4.79 Å². The number of nitrogens with zero attached hydrogens (tertiary/aromatic N) is 1. The van der Waals surface area contributed by atoms with Crippen LogP contribution in [0.1, 0.15) is 5.56 Å². The minimum atomic E-state index is -0.973. The number of hydrogen-bond acceptors (Lipinski definition) is 3. The fraction of sp³-hybridized carbons (Fsp3) is 0.250. The first-order valence-electron chi connectivity index (χ1n) is 4.81. The van der Waals surface area contributed by atoms with Crippen molar-refractivity contribution in [1.29, 1.82) is 0 Å². The quantitative estimate of drug-likeness (QED) is 0.788. The van der Waals surface area contributed by atoms with Crippen LogP contribution in [0.2, 0.25) is 0 Å². The van der Waals surface area contributed by atoms with Crippen LogP contribution in [0.4, 0.5) is 5.69 Å². The molecule has 4 heteroatoms. The standard InChI is InChI=1S/C12H15NO3/c1-13(2)10-6-4-9(5-7-12(14)15)11(8-10)16-3/h4-8H,1-3H3,(H,14,15)/b7-5+. The fourth-order valence-corrected chi connectivity index (χ4v) is 1.28. The smallest absolute Gasteiger partial charge is 0.328 e. The van der Waals surface area contributed by atoms with Gasteiger partial charge in [0.05, 0.1) is 7.11 Å². The lowest BCUT2D eigenvalue weighted by atomic mass is 10.1. The highest BCUT2D eigenvalue weighted by Crippen LogP contribution is 2.25. The van der Waals surface area contributed by atoms with Crippen LogP contribution >= 0.6 is 0 Å². The molecule has 0 atom stereocenters. The van der Waals surface area contributed by atoms with Gasteiger partial charge in [-0.25, -0.2) is 4.79 Å². The molecule has 0 saturated heterocycles. The van der Waals surface area contributed by atoms with Gasteiger partial charge in [-0.05, 0) is 18.2 Å². The monoisotopic (exact) mass is 221 g/mol. The molecule has 0 aliphatic rings. The van der Waals surface area contributed by atoms with Crippen molar-refractivity contribution in [3.8, 4) is 5.75 Å². The summed E-state index contributed by atoms with van der Waals surface area (Å²) < 4.78 is 5.20. The Morgan fingerprint density at radius 1 is 1.44 bits per heavy atom. The Hall–Kier alpha value is -1.97. The third-order valence-electron chi connectivity index (χ3n) is 2.14. The highest BCUT2D eigenvalue weighted by Gasteiger charge is 2.03. The first-order valence-corrected chi connectivity index (χ1v) is 4.81. The third-order valence-corrected chi connectivity index (χ3v) is 2.14. The van der Waals surface area contributed by atoms with E-state index in [0.29, 0.717) is 5.75 Å². The van der Waals surface area contributed by atoms with Crippen molar-refractivity contribution in [3.63, 3.8) is 0 Å². The van der Waals surface area contributed by atoms with Crippen LogP contribution in [0.25, 0.3) is 6.08 Å². The zero-order valence-corrected chi connectivity index (χ0v) is 9.60. The molecular weight excluding hydrogens is 206 g/mol. The van der Waals surface area contributed by atoms with Crippen LogP contribution < -0.4 is 9.64 Å². The van der Waals surface area contributed by atoms with Gasteiger partial charge in [0, 0.05) is 37.5 Å². The van der Waals surface area contributed by atoms with Crippen molar-refractivity contribution in [1.82, 2.24) is 0 Å². The Kier molecular flexibility index (Phi) is 3.94. The zero-order valence-electron chi connectivity index (χ0n) is 9.60. The number of hydrogen-bond donors (Lipinski definition) is 1. The largest absolute Gasteiger partial charge is 0.496 e. The van der Waals surface area contributed by atoms with Crippen LogP contribution in [0.15, 0.2) is 24.3 Å². The number of aliphatic carboxylic acids is 1. The molecule has 0 saturated carbocycles. The number of carbonyl (C=O) groups is 1. The molecule has 0 spiro atoms. The average molecular weight is 221 g/mol. The number of carboxylic acid groups (broad SMARTS) is 1. The predicted octanol–water partition coefficient (Wildman–Crippen LogP) is 1.86. The van der Waals surface area contributed by atoms with Gasteiger partial charge in [-0.15, -0.1) is 0 Å². The van der Waals surface area contributed by atoms with Gasteiger partial charge in [0.1, 0.15) is 5.75 Å². The number of rotatable bonds is 4. The summed E-state index contributed by atoms with van der Waals surface area (Å²) in [6.07, 6.45) is 2.60. The molecule has 0 amide bonds. The molecule has 0 aromatic heterocycles. The van der Waals surface area contributed by atoms with Gasteiger partial charge in [-0.3, -0.25) is 0 Å². The molecule has 1 rings (SSSR count). The first-order chi connectivity index (χ1) is 7.54. The lowest BCUT2D eigenvalue weighted by molar-refractivity contribution is -0.131. The summed E-state index contributed by atoms with van der Waals surface area (Å²) in [4.78, 5) is 12.4. The summed E-state index contributed by atoms with van der Waals surface area (Å²) in [5.74, 6) is -0.317. The van der Waals surface area contributed by atoms with E-state index in [1.165, 1.54) is 6.08 Å². The molecular formula is C12H15NO3. The summed E-state index contributed by atoms with van der Waals surface area (Å²) in [6.45, 7) is 0. The predicted molar refractivity (Wildman–Crippen MR) is 64.0 cm³/mol. The van der Waals surface area contributed by atoms with E-state index in [1.54, 1.807) is 7.11 Å². The van der Waals surface area contributed by atoms with E-state index in [4.69, 9.17) is 9.84 Å². The molecule has 4 nitrogen and oxygen atoms in total. The molecule has 0 aliphatic carbocycles. The normalized spacial score (nSPS) is 10.4. The second-order valence-electron chi connectivity index (χ2n) is 3.49. The zero-order chi connectivity index (χ0) is 12.1. The molecule has 0 aliphatic heterocycles. The second kappa shape index (κ2) is 5.21. The van der Waals surface area contributed by atoms with Crippen molar-refractivity contribution in [3.05, 3.63) is 29.8 Å². The van der Waals surface area contributed by atoms with Crippen LogP contribution in [0, 0.1) is 0 Å². The van der Waals surface area contributed by atoms with E-state index < -0.39 is 5.97 Å². The summed E-state index contributed by atoms with van der Waals surface area (Å²) in [6, 6.07) is 5.60. The SMILES string of the molecule is COc1cc(N(C)C)ccc1/C=C/C(=O)O. The highest BCUT2D eigenvalue weighted by atomic mass is 16.5. The topological polar surface area (TPSA) is 49.8 Å². The maximum atomic E-state index is 10.4. The molecule has 0 unspecified atom stereocenters. The van der Waals surface area contributed by atoms with Crippen LogP contribution in [0.3, 0.4) is 0 Å². The summed E-state index contributed by atoms with van der Waals surface area (Å²) >= 11 is 0. The summed E-state index contributed by atoms with van der Waals surface area (Å²) in [7, 11) is 5.43. The Morgan fingerprint density at radius 3 is 2.62 bits per heavy atom. The minimum absolute atomic E-state index is 0.656. The number of ether oxygens (including phenoxy) is 1. The van der Waals surface area contributed by atoms with Gasteiger partial charge < -0.3 is 14.7 Å². The van der Waals surface area contributed by atoms with E-state index in [-0.39, 0.29) is 0 Å². The lowest BCUT2D eigenvalue weighted by Crippen LogP contribution is -2.08. The van der Waals surface area contributed by atoms with Crippen molar-refractivity contribution >= 4 is 17.7 Å². The van der Waals surface area contributed by atoms with Gasteiger partial charge >= 0.3 is 5.97 Å². The summed E-state index contributed by atoms with van der Waals surface area (Å²) in [5.41, 5.74) is 1.75. The van der Waals surface area contributed by atoms with Crippen LogP contribution in [0.5, 0.6) is 5.75 Å². The van der Waals surface area contributed by atoms with Gasteiger partial charge in [-0.1, -0.05) is 0 Å². The Bertz CT molecular complexity index is 411. The average Bonchev–Trinajstić information content (AvgIpc) is 2.25. The Labute approximate surface area is 94.8 Å². The molecule has 0 fully saturated rings. The third kappa shape index (κ3) is 3.02.